The fourth-order valence-corrected chi connectivity index (χ4v) is 3.70. The first-order valence-electron chi connectivity index (χ1n) is 6.99. The summed E-state index contributed by atoms with van der Waals surface area (Å²) in [7, 11) is -3.45. The number of hydrogen-bond donors (Lipinski definition) is 0. The zero-order chi connectivity index (χ0) is 15.0. The monoisotopic (exact) mass is 310 g/mol. The highest BCUT2D eigenvalue weighted by Gasteiger charge is 2.37. The average Bonchev–Trinajstić information content (AvgIpc) is 2.98. The third kappa shape index (κ3) is 2.70. The molecule has 1 atom stereocenters. The van der Waals surface area contributed by atoms with Crippen LogP contribution in [0.4, 0.5) is 5.69 Å². The fraction of sp³-hybridized carbons (Fsp3) is 0.500. The number of anilines is 1. The number of ether oxygens (including phenoxy) is 1. The van der Waals surface area contributed by atoms with Crippen molar-refractivity contribution in [2.24, 2.45) is 0 Å². The largest absolute Gasteiger partial charge is 0.476 e. The van der Waals surface area contributed by atoms with Crippen LogP contribution in [-0.4, -0.2) is 51.2 Å². The van der Waals surface area contributed by atoms with E-state index in [9.17, 15) is 13.2 Å². The first-order valence-corrected chi connectivity index (χ1v) is 8.84. The lowest BCUT2D eigenvalue weighted by atomic mass is 10.2. The van der Waals surface area contributed by atoms with Gasteiger partial charge >= 0.3 is 0 Å². The summed E-state index contributed by atoms with van der Waals surface area (Å²) in [5.74, 6) is 0.308. The molecule has 2 aliphatic heterocycles. The highest BCUT2D eigenvalue weighted by atomic mass is 32.2. The summed E-state index contributed by atoms with van der Waals surface area (Å²) >= 11 is 0. The highest BCUT2D eigenvalue weighted by molar-refractivity contribution is 7.92. The molecule has 0 saturated carbocycles. The van der Waals surface area contributed by atoms with Gasteiger partial charge in [-0.15, -0.1) is 0 Å². The first kappa shape index (κ1) is 14.2. The molecule has 114 valence electrons. The molecule has 2 heterocycles. The van der Waals surface area contributed by atoms with Crippen molar-refractivity contribution in [3.05, 3.63) is 24.3 Å². The van der Waals surface area contributed by atoms with Crippen LogP contribution >= 0.6 is 0 Å². The van der Waals surface area contributed by atoms with E-state index in [1.807, 2.05) is 0 Å². The molecule has 3 rings (SSSR count). The molecule has 6 nitrogen and oxygen atoms in total. The van der Waals surface area contributed by atoms with Gasteiger partial charge in [-0.2, -0.15) is 0 Å². The predicted octanol–water partition coefficient (Wildman–Crippen LogP) is 0.836. The van der Waals surface area contributed by atoms with Gasteiger partial charge in [0.1, 0.15) is 5.75 Å². The van der Waals surface area contributed by atoms with Crippen LogP contribution in [0.3, 0.4) is 0 Å². The maximum Gasteiger partial charge on any atom is 0.265 e. The Bertz CT molecular complexity index is 653. The SMILES string of the molecule is CS(=O)(=O)N1CC(C(=O)N2CCCC2)Oc2ccccc21. The van der Waals surface area contributed by atoms with E-state index in [1.54, 1.807) is 29.2 Å². The molecule has 0 bridgehead atoms. The Kier molecular flexibility index (Phi) is 3.52. The van der Waals surface area contributed by atoms with Crippen molar-refractivity contribution in [3.8, 4) is 5.75 Å². The number of nitrogens with zero attached hydrogens (tertiary/aromatic N) is 2. The summed E-state index contributed by atoms with van der Waals surface area (Å²) in [4.78, 5) is 14.2. The molecule has 21 heavy (non-hydrogen) atoms. The molecule has 1 saturated heterocycles. The molecule has 0 N–H and O–H groups in total. The second kappa shape index (κ2) is 5.22. The van der Waals surface area contributed by atoms with Crippen LogP contribution in [0.2, 0.25) is 0 Å². The van der Waals surface area contributed by atoms with Crippen molar-refractivity contribution in [3.63, 3.8) is 0 Å². The lowest BCUT2D eigenvalue weighted by molar-refractivity contribution is -0.137. The molecule has 1 aromatic rings. The smallest absolute Gasteiger partial charge is 0.265 e. The summed E-state index contributed by atoms with van der Waals surface area (Å²) in [6, 6.07) is 6.90. The molecule has 2 aliphatic rings. The molecule has 1 fully saturated rings. The second-order valence-electron chi connectivity index (χ2n) is 5.40. The van der Waals surface area contributed by atoms with Gasteiger partial charge in [0.05, 0.1) is 18.5 Å². The van der Waals surface area contributed by atoms with Crippen LogP contribution < -0.4 is 9.04 Å². The van der Waals surface area contributed by atoms with Gasteiger partial charge in [0.2, 0.25) is 10.0 Å². The van der Waals surface area contributed by atoms with Crippen LogP contribution in [0.5, 0.6) is 5.75 Å². The molecule has 1 amide bonds. The first-order chi connectivity index (χ1) is 9.97. The Morgan fingerprint density at radius 3 is 2.57 bits per heavy atom. The summed E-state index contributed by atoms with van der Waals surface area (Å²) < 4.78 is 31.0. The fourth-order valence-electron chi connectivity index (χ4n) is 2.79. The number of para-hydroxylation sites is 2. The maximum atomic E-state index is 12.5. The minimum absolute atomic E-state index is 0.0329. The van der Waals surface area contributed by atoms with E-state index in [4.69, 9.17) is 4.74 Å². The molecular formula is C14H18N2O4S. The van der Waals surface area contributed by atoms with E-state index in [0.29, 0.717) is 11.4 Å². The standard InChI is InChI=1S/C14H18N2O4S/c1-21(18,19)16-10-13(14(17)15-8-4-5-9-15)20-12-7-3-2-6-11(12)16/h2-3,6-7,13H,4-5,8-10H2,1H3. The van der Waals surface area contributed by atoms with Gasteiger partial charge in [0, 0.05) is 13.1 Å². The molecule has 0 spiro atoms. The third-order valence-corrected chi connectivity index (χ3v) is 4.97. The second-order valence-corrected chi connectivity index (χ2v) is 7.31. The number of hydrogen-bond acceptors (Lipinski definition) is 4. The van der Waals surface area contributed by atoms with Gasteiger partial charge in [0.25, 0.3) is 5.91 Å². The van der Waals surface area contributed by atoms with Crippen molar-refractivity contribution in [1.82, 2.24) is 4.90 Å². The number of rotatable bonds is 2. The lowest BCUT2D eigenvalue weighted by Crippen LogP contribution is -2.51. The molecule has 7 heteroatoms. The summed E-state index contributed by atoms with van der Waals surface area (Å²) in [5, 5.41) is 0. The van der Waals surface area contributed by atoms with Crippen molar-refractivity contribution >= 4 is 21.6 Å². The lowest BCUT2D eigenvalue weighted by Gasteiger charge is -2.35. The minimum atomic E-state index is -3.45. The third-order valence-electron chi connectivity index (χ3n) is 3.83. The van der Waals surface area contributed by atoms with Crippen molar-refractivity contribution in [1.29, 1.82) is 0 Å². The van der Waals surface area contributed by atoms with Gasteiger partial charge < -0.3 is 9.64 Å². The topological polar surface area (TPSA) is 66.9 Å². The average molecular weight is 310 g/mol. The van der Waals surface area contributed by atoms with E-state index in [1.165, 1.54) is 4.31 Å². The Labute approximate surface area is 124 Å². The van der Waals surface area contributed by atoms with Crippen LogP contribution in [0.25, 0.3) is 0 Å². The Balaban J connectivity index is 1.92. The van der Waals surface area contributed by atoms with Crippen LogP contribution in [0.1, 0.15) is 12.8 Å². The Morgan fingerprint density at radius 2 is 1.90 bits per heavy atom. The molecule has 0 aliphatic carbocycles. The highest BCUT2D eigenvalue weighted by Crippen LogP contribution is 2.35. The molecule has 0 radical (unpaired) electrons. The minimum Gasteiger partial charge on any atom is -0.476 e. The number of sulfonamides is 1. The number of fused-ring (bicyclic) bond motifs is 1. The van der Waals surface area contributed by atoms with Gasteiger partial charge in [-0.25, -0.2) is 8.42 Å². The zero-order valence-corrected chi connectivity index (χ0v) is 12.7. The van der Waals surface area contributed by atoms with Crippen molar-refractivity contribution in [2.45, 2.75) is 18.9 Å². The van der Waals surface area contributed by atoms with Gasteiger partial charge in [-0.1, -0.05) is 12.1 Å². The van der Waals surface area contributed by atoms with Gasteiger partial charge in [-0.05, 0) is 25.0 Å². The van der Waals surface area contributed by atoms with E-state index < -0.39 is 16.1 Å². The van der Waals surface area contributed by atoms with Crippen molar-refractivity contribution < 1.29 is 17.9 Å². The van der Waals surface area contributed by atoms with Crippen molar-refractivity contribution in [2.75, 3.05) is 30.2 Å². The maximum absolute atomic E-state index is 12.5. The van der Waals surface area contributed by atoms with E-state index in [2.05, 4.69) is 0 Å². The van der Waals surface area contributed by atoms with E-state index >= 15 is 0 Å². The van der Waals surface area contributed by atoms with E-state index in [-0.39, 0.29) is 12.5 Å². The van der Waals surface area contributed by atoms with E-state index in [0.717, 1.165) is 32.2 Å². The van der Waals surface area contributed by atoms with Crippen LogP contribution in [-0.2, 0) is 14.8 Å². The molecule has 1 aromatic carbocycles. The quantitative estimate of drug-likeness (QED) is 0.812. The van der Waals surface area contributed by atoms with Gasteiger partial charge in [0.15, 0.2) is 6.10 Å². The zero-order valence-electron chi connectivity index (χ0n) is 11.9. The summed E-state index contributed by atoms with van der Waals surface area (Å²) in [6.07, 6.45) is 2.36. The normalized spacial score (nSPS) is 21.9. The van der Waals surface area contributed by atoms with Gasteiger partial charge in [-0.3, -0.25) is 9.10 Å². The Hall–Kier alpha value is -1.76. The number of carbonyl (C=O) groups excluding carboxylic acids is 1. The molecule has 1 unspecified atom stereocenters. The molecular weight excluding hydrogens is 292 g/mol. The number of benzene rings is 1. The molecule has 0 aromatic heterocycles. The summed E-state index contributed by atoms with van der Waals surface area (Å²) in [6.45, 7) is 1.48. The van der Waals surface area contributed by atoms with Crippen LogP contribution in [0.15, 0.2) is 24.3 Å². The predicted molar refractivity (Wildman–Crippen MR) is 78.9 cm³/mol. The van der Waals surface area contributed by atoms with Crippen LogP contribution in [0, 0.1) is 0 Å². The number of amides is 1. The number of carbonyl (C=O) groups is 1. The number of likely N-dealkylation sites (tertiary alicyclic amines) is 1. The summed E-state index contributed by atoms with van der Waals surface area (Å²) in [5.41, 5.74) is 0.491. The Morgan fingerprint density at radius 1 is 1.24 bits per heavy atom.